The van der Waals surface area contributed by atoms with E-state index in [1.807, 2.05) is 0 Å². The molecule has 0 spiro atoms. The topological polar surface area (TPSA) is 183 Å². The molecule has 0 radical (unpaired) electrons. The molecular formula is C22H22O11. The van der Waals surface area contributed by atoms with Crippen molar-refractivity contribution in [1.29, 1.82) is 0 Å². The molecule has 6 N–H and O–H groups in total. The van der Waals surface area contributed by atoms with Crippen molar-refractivity contribution in [2.24, 2.45) is 0 Å². The Morgan fingerprint density at radius 1 is 1.06 bits per heavy atom. The lowest BCUT2D eigenvalue weighted by atomic mass is 9.94. The van der Waals surface area contributed by atoms with Gasteiger partial charge in [-0.25, -0.2) is 4.79 Å². The number of hydrogen-bond acceptors (Lipinski definition) is 10. The number of aryl methyl sites for hydroxylation is 1. The number of aliphatic hydroxyl groups excluding tert-OH is 3. The highest BCUT2D eigenvalue weighted by Gasteiger charge is 2.48. The first-order chi connectivity index (χ1) is 15.6. The van der Waals surface area contributed by atoms with Gasteiger partial charge in [0.2, 0.25) is 6.29 Å². The summed E-state index contributed by atoms with van der Waals surface area (Å²) in [4.78, 5) is 23.9. The van der Waals surface area contributed by atoms with E-state index in [-0.39, 0.29) is 29.2 Å². The van der Waals surface area contributed by atoms with Gasteiger partial charge in [0.15, 0.2) is 11.9 Å². The summed E-state index contributed by atoms with van der Waals surface area (Å²) in [5, 5.41) is 58.9. The molecule has 2 aliphatic heterocycles. The number of ether oxygens (including phenoxy) is 3. The van der Waals surface area contributed by atoms with Crippen LogP contribution >= 0.6 is 0 Å². The Labute approximate surface area is 187 Å². The van der Waals surface area contributed by atoms with Gasteiger partial charge in [0.25, 0.3) is 0 Å². The summed E-state index contributed by atoms with van der Waals surface area (Å²) < 4.78 is 16.6. The quantitative estimate of drug-likeness (QED) is 0.369. The molecule has 6 atom stereocenters. The standard InChI is InChI=1S/C22H22O11/c1-8-2-3-9(14-7-12(25)16-11(24)5-10(23)6-15(16)31-14)4-13(8)32-22-19(28)17(26)18(27)20(33-22)21(29)30/h2-6,14,17-20,22-24,26-28H,7H2,1H3,(H,29,30)/t14-,17-,18-,19+,20-,22?/m0/s1. The lowest BCUT2D eigenvalue weighted by Gasteiger charge is -2.38. The van der Waals surface area contributed by atoms with Crippen molar-refractivity contribution in [3.63, 3.8) is 0 Å². The van der Waals surface area contributed by atoms with Gasteiger partial charge in [-0.05, 0) is 24.1 Å². The highest BCUT2D eigenvalue weighted by Crippen LogP contribution is 2.42. The number of rotatable bonds is 4. The van der Waals surface area contributed by atoms with Crippen molar-refractivity contribution in [3.8, 4) is 23.0 Å². The molecule has 4 rings (SSSR count). The molecule has 0 aromatic heterocycles. The number of carbonyl (C=O) groups is 2. The van der Waals surface area contributed by atoms with Crippen LogP contribution in [-0.4, -0.2) is 73.1 Å². The fraction of sp³-hybridized carbons (Fsp3) is 0.364. The van der Waals surface area contributed by atoms with Crippen molar-refractivity contribution in [1.82, 2.24) is 0 Å². The Bertz CT molecular complexity index is 1100. The molecule has 0 amide bonds. The predicted octanol–water partition coefficient (Wildman–Crippen LogP) is 0.384. The SMILES string of the molecule is Cc1ccc([C@@H]2CC(=O)c3c(O)cc(O)cc3O2)cc1OC1O[C@H](C(=O)O)[C@@H](O)[C@H](O)[C@H]1O. The minimum Gasteiger partial charge on any atom is -0.508 e. The summed E-state index contributed by atoms with van der Waals surface area (Å²) >= 11 is 0. The zero-order valence-electron chi connectivity index (χ0n) is 17.3. The number of carboxylic acids is 1. The molecular weight excluding hydrogens is 440 g/mol. The number of fused-ring (bicyclic) bond motifs is 1. The normalized spacial score (nSPS) is 29.2. The molecule has 1 fully saturated rings. The van der Waals surface area contributed by atoms with E-state index in [1.165, 1.54) is 12.1 Å². The van der Waals surface area contributed by atoms with Crippen LogP contribution in [0.3, 0.4) is 0 Å². The first-order valence-corrected chi connectivity index (χ1v) is 10.0. The Morgan fingerprint density at radius 3 is 2.48 bits per heavy atom. The largest absolute Gasteiger partial charge is 0.508 e. The van der Waals surface area contributed by atoms with Gasteiger partial charge in [0, 0.05) is 12.1 Å². The van der Waals surface area contributed by atoms with Crippen LogP contribution in [-0.2, 0) is 9.53 Å². The molecule has 2 aliphatic rings. The summed E-state index contributed by atoms with van der Waals surface area (Å²) in [5.41, 5.74) is 1.02. The maximum absolute atomic E-state index is 12.6. The molecule has 33 heavy (non-hydrogen) atoms. The van der Waals surface area contributed by atoms with Crippen molar-refractivity contribution in [2.75, 3.05) is 0 Å². The number of carboxylic acid groups (broad SMARTS) is 1. The van der Waals surface area contributed by atoms with E-state index in [4.69, 9.17) is 14.2 Å². The second kappa shape index (κ2) is 8.52. The second-order valence-corrected chi connectivity index (χ2v) is 7.95. The van der Waals surface area contributed by atoms with Gasteiger partial charge in [-0.15, -0.1) is 0 Å². The van der Waals surface area contributed by atoms with E-state index in [0.717, 1.165) is 6.07 Å². The summed E-state index contributed by atoms with van der Waals surface area (Å²) in [6.45, 7) is 1.67. The first kappa shape index (κ1) is 22.8. The van der Waals surface area contributed by atoms with Crippen LogP contribution in [0.15, 0.2) is 30.3 Å². The third-order valence-corrected chi connectivity index (χ3v) is 5.63. The average molecular weight is 462 g/mol. The molecule has 1 saturated heterocycles. The van der Waals surface area contributed by atoms with Crippen molar-refractivity contribution < 1.29 is 54.4 Å². The Balaban J connectivity index is 1.60. The van der Waals surface area contributed by atoms with Crippen molar-refractivity contribution in [3.05, 3.63) is 47.0 Å². The number of hydrogen-bond donors (Lipinski definition) is 6. The monoisotopic (exact) mass is 462 g/mol. The molecule has 2 aromatic rings. The van der Waals surface area contributed by atoms with Crippen molar-refractivity contribution >= 4 is 11.8 Å². The highest BCUT2D eigenvalue weighted by atomic mass is 16.7. The van der Waals surface area contributed by atoms with Gasteiger partial charge in [-0.3, -0.25) is 4.79 Å². The van der Waals surface area contributed by atoms with Crippen LogP contribution in [0.1, 0.15) is 34.0 Å². The zero-order chi connectivity index (χ0) is 24.0. The molecule has 0 aliphatic carbocycles. The minimum atomic E-state index is -1.85. The summed E-state index contributed by atoms with van der Waals surface area (Å²) in [6.07, 6.45) is -9.70. The number of carbonyl (C=O) groups excluding carboxylic acids is 1. The molecule has 2 aromatic carbocycles. The van der Waals surface area contributed by atoms with Gasteiger partial charge in [0.1, 0.15) is 53.0 Å². The number of aromatic hydroxyl groups is 2. The second-order valence-electron chi connectivity index (χ2n) is 7.95. The van der Waals surface area contributed by atoms with E-state index < -0.39 is 54.3 Å². The fourth-order valence-corrected chi connectivity index (χ4v) is 3.83. The zero-order valence-corrected chi connectivity index (χ0v) is 17.3. The Morgan fingerprint density at radius 2 is 1.79 bits per heavy atom. The number of benzene rings is 2. The summed E-state index contributed by atoms with van der Waals surface area (Å²) in [6, 6.07) is 7.08. The van der Waals surface area contributed by atoms with E-state index in [1.54, 1.807) is 19.1 Å². The number of aliphatic carboxylic acids is 1. The van der Waals surface area contributed by atoms with E-state index in [2.05, 4.69) is 0 Å². The third-order valence-electron chi connectivity index (χ3n) is 5.63. The molecule has 176 valence electrons. The maximum Gasteiger partial charge on any atom is 0.335 e. The predicted molar refractivity (Wildman–Crippen MR) is 108 cm³/mol. The van der Waals surface area contributed by atoms with Crippen LogP contribution in [0.2, 0.25) is 0 Å². The van der Waals surface area contributed by atoms with Crippen LogP contribution < -0.4 is 9.47 Å². The van der Waals surface area contributed by atoms with Gasteiger partial charge in [0.05, 0.1) is 6.42 Å². The first-order valence-electron chi connectivity index (χ1n) is 10.0. The number of Topliss-reactive ketones (excluding diaryl/α,β-unsaturated/α-hetero) is 1. The average Bonchev–Trinajstić information content (AvgIpc) is 2.74. The van der Waals surface area contributed by atoms with E-state index in [9.17, 15) is 40.2 Å². The Kier molecular flexibility index (Phi) is 5.89. The Hall–Kier alpha value is -3.38. The van der Waals surface area contributed by atoms with Crippen LogP contribution in [0, 0.1) is 6.92 Å². The van der Waals surface area contributed by atoms with Crippen LogP contribution in [0.4, 0.5) is 0 Å². The molecule has 2 heterocycles. The molecule has 0 bridgehead atoms. The smallest absolute Gasteiger partial charge is 0.335 e. The molecule has 11 heteroatoms. The van der Waals surface area contributed by atoms with Gasteiger partial charge in [-0.2, -0.15) is 0 Å². The fourth-order valence-electron chi connectivity index (χ4n) is 3.83. The van der Waals surface area contributed by atoms with Crippen LogP contribution in [0.5, 0.6) is 23.0 Å². The minimum absolute atomic E-state index is 0.0178. The summed E-state index contributed by atoms with van der Waals surface area (Å²) in [7, 11) is 0. The van der Waals surface area contributed by atoms with Crippen LogP contribution in [0.25, 0.3) is 0 Å². The van der Waals surface area contributed by atoms with Gasteiger partial charge < -0.3 is 44.8 Å². The molecule has 1 unspecified atom stereocenters. The lowest BCUT2D eigenvalue weighted by molar-refractivity contribution is -0.271. The third kappa shape index (κ3) is 4.18. The van der Waals surface area contributed by atoms with Gasteiger partial charge >= 0.3 is 5.97 Å². The molecule has 0 saturated carbocycles. The highest BCUT2D eigenvalue weighted by molar-refractivity contribution is 6.02. The number of aliphatic hydroxyl groups is 3. The maximum atomic E-state index is 12.6. The lowest BCUT2D eigenvalue weighted by Crippen LogP contribution is -2.61. The van der Waals surface area contributed by atoms with Crippen molar-refractivity contribution in [2.45, 2.75) is 50.2 Å². The number of phenols is 2. The summed E-state index contributed by atoms with van der Waals surface area (Å²) in [5.74, 6) is -2.42. The number of phenolic OH excluding ortho intramolecular Hbond substituents is 2. The van der Waals surface area contributed by atoms with E-state index in [0.29, 0.717) is 11.1 Å². The number of ketones is 1. The van der Waals surface area contributed by atoms with E-state index >= 15 is 0 Å². The molecule has 11 nitrogen and oxygen atoms in total. The van der Waals surface area contributed by atoms with Gasteiger partial charge in [-0.1, -0.05) is 12.1 Å².